The van der Waals surface area contributed by atoms with Crippen LogP contribution >= 0.6 is 0 Å². The fourth-order valence-corrected chi connectivity index (χ4v) is 1.83. The molecule has 0 unspecified atom stereocenters. The highest BCUT2D eigenvalue weighted by molar-refractivity contribution is 5.76. The monoisotopic (exact) mass is 286 g/mol. The van der Waals surface area contributed by atoms with E-state index in [9.17, 15) is 4.79 Å². The highest BCUT2D eigenvalue weighted by atomic mass is 16.5. The van der Waals surface area contributed by atoms with E-state index in [1.807, 2.05) is 31.2 Å². The van der Waals surface area contributed by atoms with Crippen LogP contribution in [-0.2, 0) is 0 Å². The summed E-state index contributed by atoms with van der Waals surface area (Å²) >= 11 is 0. The van der Waals surface area contributed by atoms with Gasteiger partial charge in [-0.25, -0.2) is 0 Å². The molecule has 0 amide bonds. The molecule has 0 saturated carbocycles. The lowest BCUT2D eigenvalue weighted by Crippen LogP contribution is -2.09. The molecule has 4 heteroatoms. The minimum absolute atomic E-state index is 0.368. The Kier molecular flexibility index (Phi) is 5.21. The molecule has 0 heterocycles. The number of aldehydes is 1. The zero-order valence-corrected chi connectivity index (χ0v) is 12.2. The van der Waals surface area contributed by atoms with Crippen LogP contribution in [0, 0.1) is 6.92 Å². The fourth-order valence-electron chi connectivity index (χ4n) is 1.83. The maximum absolute atomic E-state index is 10.8. The number of hydrogen-bond acceptors (Lipinski definition) is 4. The second kappa shape index (κ2) is 7.33. The normalized spacial score (nSPS) is 10.0. The fraction of sp³-hybridized carbons (Fsp3) is 0.235. The lowest BCUT2D eigenvalue weighted by molar-refractivity contribution is 0.112. The van der Waals surface area contributed by atoms with Crippen molar-refractivity contribution in [3.8, 4) is 17.2 Å². The number of rotatable bonds is 7. The van der Waals surface area contributed by atoms with E-state index in [0.717, 1.165) is 12.0 Å². The summed E-state index contributed by atoms with van der Waals surface area (Å²) in [5, 5.41) is 0. The zero-order valence-electron chi connectivity index (χ0n) is 12.2. The summed E-state index contributed by atoms with van der Waals surface area (Å²) in [4.78, 5) is 10.8. The van der Waals surface area contributed by atoms with Gasteiger partial charge < -0.3 is 14.2 Å². The van der Waals surface area contributed by atoms with E-state index >= 15 is 0 Å². The van der Waals surface area contributed by atoms with Crippen LogP contribution in [0.3, 0.4) is 0 Å². The molecule has 110 valence electrons. The maximum Gasteiger partial charge on any atom is 0.162 e. The summed E-state index contributed by atoms with van der Waals surface area (Å²) in [7, 11) is 1.56. The van der Waals surface area contributed by atoms with Gasteiger partial charge in [-0.15, -0.1) is 0 Å². The summed E-state index contributed by atoms with van der Waals surface area (Å²) in [6.45, 7) is 2.81. The quantitative estimate of drug-likeness (QED) is 0.579. The molecule has 0 saturated heterocycles. The van der Waals surface area contributed by atoms with Gasteiger partial charge in [0.15, 0.2) is 11.5 Å². The van der Waals surface area contributed by atoms with Crippen molar-refractivity contribution in [2.24, 2.45) is 0 Å². The number of ether oxygens (including phenoxy) is 3. The van der Waals surface area contributed by atoms with Crippen LogP contribution < -0.4 is 14.2 Å². The highest BCUT2D eigenvalue weighted by Gasteiger charge is 2.05. The Bertz CT molecular complexity index is 590. The molecule has 0 spiro atoms. The van der Waals surface area contributed by atoms with Crippen LogP contribution in [-0.4, -0.2) is 26.6 Å². The first-order valence-corrected chi connectivity index (χ1v) is 6.68. The summed E-state index contributed by atoms with van der Waals surface area (Å²) in [5.74, 6) is 1.93. The number of benzene rings is 2. The molecular weight excluding hydrogens is 268 g/mol. The summed E-state index contributed by atoms with van der Waals surface area (Å²) < 4.78 is 16.4. The molecule has 0 bridgehead atoms. The van der Waals surface area contributed by atoms with Crippen LogP contribution in [0.2, 0.25) is 0 Å². The Balaban J connectivity index is 1.88. The van der Waals surface area contributed by atoms with Crippen molar-refractivity contribution in [1.82, 2.24) is 0 Å². The van der Waals surface area contributed by atoms with E-state index in [2.05, 4.69) is 0 Å². The second-order valence-corrected chi connectivity index (χ2v) is 4.54. The molecular formula is C17H18O4. The third-order valence-corrected chi connectivity index (χ3v) is 2.95. The van der Waals surface area contributed by atoms with Crippen LogP contribution in [0.4, 0.5) is 0 Å². The van der Waals surface area contributed by atoms with Gasteiger partial charge >= 0.3 is 0 Å². The molecule has 4 nitrogen and oxygen atoms in total. The molecule has 0 N–H and O–H groups in total. The standard InChI is InChI=1S/C17H18O4/c1-13-3-6-15(7-4-13)20-9-10-21-17-11-14(12-18)5-8-16(17)19-2/h3-8,11-12H,9-10H2,1-2H3. The van der Waals surface area contributed by atoms with Gasteiger partial charge in [0, 0.05) is 5.56 Å². The number of aryl methyl sites for hydroxylation is 1. The summed E-state index contributed by atoms with van der Waals surface area (Å²) in [6, 6.07) is 12.9. The molecule has 2 rings (SSSR count). The average Bonchev–Trinajstić information content (AvgIpc) is 2.53. The predicted octanol–water partition coefficient (Wildman–Crippen LogP) is 3.27. The van der Waals surface area contributed by atoms with Gasteiger partial charge in [-0.3, -0.25) is 4.79 Å². The Morgan fingerprint density at radius 2 is 1.67 bits per heavy atom. The van der Waals surface area contributed by atoms with Crippen molar-refractivity contribution in [1.29, 1.82) is 0 Å². The van der Waals surface area contributed by atoms with Crippen molar-refractivity contribution in [3.63, 3.8) is 0 Å². The Morgan fingerprint density at radius 1 is 0.952 bits per heavy atom. The molecule has 0 aliphatic heterocycles. The maximum atomic E-state index is 10.8. The SMILES string of the molecule is COc1ccc(C=O)cc1OCCOc1ccc(C)cc1. The van der Waals surface area contributed by atoms with Gasteiger partial charge in [0.2, 0.25) is 0 Å². The van der Waals surface area contributed by atoms with Crippen molar-refractivity contribution in [3.05, 3.63) is 53.6 Å². The summed E-state index contributed by atoms with van der Waals surface area (Å²) in [6.07, 6.45) is 0.773. The minimum atomic E-state index is 0.368. The van der Waals surface area contributed by atoms with Crippen molar-refractivity contribution in [2.75, 3.05) is 20.3 Å². The Morgan fingerprint density at radius 3 is 2.33 bits per heavy atom. The van der Waals surface area contributed by atoms with E-state index in [4.69, 9.17) is 14.2 Å². The first kappa shape index (κ1) is 14.9. The first-order valence-electron chi connectivity index (χ1n) is 6.68. The molecule has 0 atom stereocenters. The van der Waals surface area contributed by atoms with Crippen LogP contribution in [0.1, 0.15) is 15.9 Å². The van der Waals surface area contributed by atoms with Gasteiger partial charge in [0.25, 0.3) is 0 Å². The van der Waals surface area contributed by atoms with Crippen molar-refractivity contribution < 1.29 is 19.0 Å². The van der Waals surface area contributed by atoms with Crippen LogP contribution in [0.25, 0.3) is 0 Å². The lowest BCUT2D eigenvalue weighted by Gasteiger charge is -2.12. The Hall–Kier alpha value is -2.49. The van der Waals surface area contributed by atoms with E-state index < -0.39 is 0 Å². The topological polar surface area (TPSA) is 44.8 Å². The van der Waals surface area contributed by atoms with E-state index in [1.165, 1.54) is 5.56 Å². The molecule has 0 aliphatic carbocycles. The first-order chi connectivity index (χ1) is 10.2. The van der Waals surface area contributed by atoms with E-state index in [-0.39, 0.29) is 0 Å². The van der Waals surface area contributed by atoms with Crippen molar-refractivity contribution in [2.45, 2.75) is 6.92 Å². The van der Waals surface area contributed by atoms with E-state index in [0.29, 0.717) is 30.3 Å². The van der Waals surface area contributed by atoms with Crippen molar-refractivity contribution >= 4 is 6.29 Å². The summed E-state index contributed by atoms with van der Waals surface area (Å²) in [5.41, 5.74) is 1.74. The predicted molar refractivity (Wildman–Crippen MR) is 80.6 cm³/mol. The largest absolute Gasteiger partial charge is 0.493 e. The minimum Gasteiger partial charge on any atom is -0.493 e. The third kappa shape index (κ3) is 4.24. The molecule has 21 heavy (non-hydrogen) atoms. The van der Waals surface area contributed by atoms with Crippen LogP contribution in [0.15, 0.2) is 42.5 Å². The number of carbonyl (C=O) groups is 1. The highest BCUT2D eigenvalue weighted by Crippen LogP contribution is 2.27. The van der Waals surface area contributed by atoms with E-state index in [1.54, 1.807) is 25.3 Å². The molecule has 2 aromatic carbocycles. The molecule has 0 radical (unpaired) electrons. The molecule has 0 fully saturated rings. The van der Waals surface area contributed by atoms with Gasteiger partial charge in [0.1, 0.15) is 25.2 Å². The average molecular weight is 286 g/mol. The zero-order chi connectivity index (χ0) is 15.1. The van der Waals surface area contributed by atoms with Gasteiger partial charge in [0.05, 0.1) is 7.11 Å². The molecule has 0 aliphatic rings. The van der Waals surface area contributed by atoms with Crippen LogP contribution in [0.5, 0.6) is 17.2 Å². The molecule has 2 aromatic rings. The number of hydrogen-bond donors (Lipinski definition) is 0. The Labute approximate surface area is 124 Å². The number of methoxy groups -OCH3 is 1. The van der Waals surface area contributed by atoms with Gasteiger partial charge in [-0.2, -0.15) is 0 Å². The smallest absolute Gasteiger partial charge is 0.162 e. The van der Waals surface area contributed by atoms with Gasteiger partial charge in [-0.05, 0) is 37.3 Å². The second-order valence-electron chi connectivity index (χ2n) is 4.54. The molecule has 0 aromatic heterocycles. The lowest BCUT2D eigenvalue weighted by atomic mass is 10.2. The third-order valence-electron chi connectivity index (χ3n) is 2.95. The van der Waals surface area contributed by atoms with Gasteiger partial charge in [-0.1, -0.05) is 17.7 Å². The number of carbonyl (C=O) groups excluding carboxylic acids is 1.